The number of carboxylic acids is 1. The lowest BCUT2D eigenvalue weighted by atomic mass is 9.97. The van der Waals surface area contributed by atoms with Crippen LogP contribution in [0, 0.1) is 10.1 Å². The molecular weight excluding hydrogens is 346 g/mol. The molecule has 0 spiro atoms. The molecule has 2 aromatic rings. The number of hydrogen-bond donors (Lipinski definition) is 2. The standard InChI is InChI=1S/C16H15N3O5S/c20-13(10-7-11(14(21)22)9-12(8-10)19(23)24)18-16(3-1-2-4-16)15-17-5-6-25-15/h5-9H,1-4H2,(H,18,20)(H,21,22). The zero-order valence-corrected chi connectivity index (χ0v) is 13.9. The van der Waals surface area contributed by atoms with Gasteiger partial charge in [0.15, 0.2) is 0 Å². The highest BCUT2D eigenvalue weighted by Crippen LogP contribution is 2.39. The molecule has 0 saturated heterocycles. The number of nitro groups is 1. The molecule has 0 atom stereocenters. The van der Waals surface area contributed by atoms with Gasteiger partial charge in [0.25, 0.3) is 11.6 Å². The van der Waals surface area contributed by atoms with Crippen molar-refractivity contribution >= 4 is 28.9 Å². The largest absolute Gasteiger partial charge is 0.478 e. The van der Waals surface area contributed by atoms with Gasteiger partial charge in [0.2, 0.25) is 0 Å². The molecule has 1 aromatic heterocycles. The second kappa shape index (κ2) is 6.60. The molecule has 25 heavy (non-hydrogen) atoms. The minimum atomic E-state index is -1.33. The van der Waals surface area contributed by atoms with E-state index in [2.05, 4.69) is 10.3 Å². The van der Waals surface area contributed by atoms with Crippen molar-refractivity contribution in [2.75, 3.05) is 0 Å². The summed E-state index contributed by atoms with van der Waals surface area (Å²) in [4.78, 5) is 38.5. The Kier molecular flexibility index (Phi) is 4.49. The number of hydrogen-bond acceptors (Lipinski definition) is 6. The summed E-state index contributed by atoms with van der Waals surface area (Å²) in [6.07, 6.45) is 5.01. The average Bonchev–Trinajstić information content (AvgIpc) is 3.26. The van der Waals surface area contributed by atoms with E-state index in [4.69, 9.17) is 5.11 Å². The minimum Gasteiger partial charge on any atom is -0.478 e. The summed E-state index contributed by atoms with van der Waals surface area (Å²) in [5.41, 5.74) is -1.37. The molecule has 0 aliphatic heterocycles. The zero-order chi connectivity index (χ0) is 18.0. The Morgan fingerprint density at radius 3 is 2.48 bits per heavy atom. The first-order valence-corrected chi connectivity index (χ1v) is 8.54. The van der Waals surface area contributed by atoms with Gasteiger partial charge in [-0.05, 0) is 18.9 Å². The van der Waals surface area contributed by atoms with E-state index in [0.717, 1.165) is 48.9 Å². The molecular formula is C16H15N3O5S. The Morgan fingerprint density at radius 2 is 1.92 bits per heavy atom. The molecule has 1 aromatic carbocycles. The van der Waals surface area contributed by atoms with Gasteiger partial charge in [0.05, 0.1) is 16.0 Å². The van der Waals surface area contributed by atoms with Crippen molar-refractivity contribution in [3.63, 3.8) is 0 Å². The SMILES string of the molecule is O=C(O)c1cc(C(=O)NC2(c3nccs3)CCCC2)cc([N+](=O)[O-])c1. The van der Waals surface area contributed by atoms with E-state index >= 15 is 0 Å². The van der Waals surface area contributed by atoms with Crippen molar-refractivity contribution < 1.29 is 19.6 Å². The van der Waals surface area contributed by atoms with Gasteiger partial charge in [-0.2, -0.15) is 0 Å². The van der Waals surface area contributed by atoms with E-state index in [0.29, 0.717) is 0 Å². The monoisotopic (exact) mass is 361 g/mol. The van der Waals surface area contributed by atoms with Gasteiger partial charge in [-0.15, -0.1) is 11.3 Å². The average molecular weight is 361 g/mol. The van der Waals surface area contributed by atoms with E-state index in [9.17, 15) is 19.7 Å². The van der Waals surface area contributed by atoms with Crippen LogP contribution >= 0.6 is 11.3 Å². The number of rotatable bonds is 5. The van der Waals surface area contributed by atoms with Crippen molar-refractivity contribution in [2.45, 2.75) is 31.2 Å². The quantitative estimate of drug-likeness (QED) is 0.623. The number of carbonyl (C=O) groups is 2. The van der Waals surface area contributed by atoms with Gasteiger partial charge in [0.1, 0.15) is 5.01 Å². The molecule has 0 radical (unpaired) electrons. The molecule has 1 aliphatic carbocycles. The van der Waals surface area contributed by atoms with Gasteiger partial charge in [-0.25, -0.2) is 9.78 Å². The third kappa shape index (κ3) is 3.36. The van der Waals surface area contributed by atoms with E-state index in [1.807, 2.05) is 5.38 Å². The minimum absolute atomic E-state index is 0.0468. The Labute approximate surface area is 146 Å². The summed E-state index contributed by atoms with van der Waals surface area (Å²) in [7, 11) is 0. The summed E-state index contributed by atoms with van der Waals surface area (Å²) in [6.45, 7) is 0. The number of non-ortho nitro benzene ring substituents is 1. The van der Waals surface area contributed by atoms with Crippen molar-refractivity contribution in [3.8, 4) is 0 Å². The molecule has 1 heterocycles. The highest BCUT2D eigenvalue weighted by atomic mass is 32.1. The zero-order valence-electron chi connectivity index (χ0n) is 13.1. The number of thiazole rings is 1. The summed E-state index contributed by atoms with van der Waals surface area (Å²) in [5, 5.41) is 25.7. The van der Waals surface area contributed by atoms with Crippen LogP contribution in [-0.4, -0.2) is 26.9 Å². The highest BCUT2D eigenvalue weighted by molar-refractivity contribution is 7.09. The Balaban J connectivity index is 1.95. The highest BCUT2D eigenvalue weighted by Gasteiger charge is 2.39. The molecule has 3 rings (SSSR count). The van der Waals surface area contributed by atoms with Crippen molar-refractivity contribution in [2.24, 2.45) is 0 Å². The first-order chi connectivity index (χ1) is 11.9. The lowest BCUT2D eigenvalue weighted by Crippen LogP contribution is -2.43. The van der Waals surface area contributed by atoms with Crippen molar-refractivity contribution in [3.05, 3.63) is 56.0 Å². The van der Waals surface area contributed by atoms with Crippen LogP contribution in [0.2, 0.25) is 0 Å². The Hall–Kier alpha value is -2.81. The normalized spacial score (nSPS) is 15.7. The number of nitrogens with one attached hydrogen (secondary N) is 1. The molecule has 8 nitrogen and oxygen atoms in total. The van der Waals surface area contributed by atoms with Crippen molar-refractivity contribution in [1.29, 1.82) is 0 Å². The van der Waals surface area contributed by atoms with Gasteiger partial charge in [-0.1, -0.05) is 12.8 Å². The number of nitrogens with zero attached hydrogens (tertiary/aromatic N) is 2. The molecule has 0 bridgehead atoms. The molecule has 9 heteroatoms. The van der Waals surface area contributed by atoms with E-state index < -0.39 is 28.0 Å². The number of carbonyl (C=O) groups excluding carboxylic acids is 1. The molecule has 1 aliphatic rings. The fourth-order valence-electron chi connectivity index (χ4n) is 3.09. The number of aromatic nitrogens is 1. The fraction of sp³-hybridized carbons (Fsp3) is 0.312. The van der Waals surface area contributed by atoms with Crippen LogP contribution in [0.15, 0.2) is 29.8 Å². The molecule has 2 N–H and O–H groups in total. The third-order valence-electron chi connectivity index (χ3n) is 4.29. The number of benzene rings is 1. The summed E-state index contributed by atoms with van der Waals surface area (Å²) in [6, 6.07) is 3.17. The third-order valence-corrected chi connectivity index (χ3v) is 5.27. The molecule has 1 saturated carbocycles. The summed E-state index contributed by atoms with van der Waals surface area (Å²) >= 11 is 1.44. The van der Waals surface area contributed by atoms with Gasteiger partial charge < -0.3 is 10.4 Å². The lowest BCUT2D eigenvalue weighted by molar-refractivity contribution is -0.384. The summed E-state index contributed by atoms with van der Waals surface area (Å²) < 4.78 is 0. The predicted molar refractivity (Wildman–Crippen MR) is 89.8 cm³/mol. The number of carboxylic acid groups (broad SMARTS) is 1. The van der Waals surface area contributed by atoms with Gasteiger partial charge >= 0.3 is 5.97 Å². The van der Waals surface area contributed by atoms with E-state index in [1.54, 1.807) is 6.20 Å². The topological polar surface area (TPSA) is 122 Å². The molecule has 1 amide bonds. The first kappa shape index (κ1) is 17.0. The van der Waals surface area contributed by atoms with E-state index in [-0.39, 0.29) is 11.1 Å². The van der Waals surface area contributed by atoms with Crippen LogP contribution in [0.4, 0.5) is 5.69 Å². The number of aromatic carboxylic acids is 1. The maximum absolute atomic E-state index is 12.7. The molecule has 1 fully saturated rings. The van der Waals surface area contributed by atoms with Gasteiger partial charge in [-0.3, -0.25) is 14.9 Å². The van der Waals surface area contributed by atoms with Crippen LogP contribution in [-0.2, 0) is 5.54 Å². The fourth-order valence-corrected chi connectivity index (χ4v) is 3.94. The first-order valence-electron chi connectivity index (χ1n) is 7.66. The van der Waals surface area contributed by atoms with E-state index in [1.165, 1.54) is 11.3 Å². The van der Waals surface area contributed by atoms with Crippen LogP contribution in [0.3, 0.4) is 0 Å². The Morgan fingerprint density at radius 1 is 1.24 bits per heavy atom. The van der Waals surface area contributed by atoms with Gasteiger partial charge in [0, 0.05) is 29.3 Å². The van der Waals surface area contributed by atoms with Crippen LogP contribution in [0.5, 0.6) is 0 Å². The second-order valence-corrected chi connectivity index (χ2v) is 6.81. The van der Waals surface area contributed by atoms with Crippen molar-refractivity contribution in [1.82, 2.24) is 10.3 Å². The lowest BCUT2D eigenvalue weighted by Gasteiger charge is -2.28. The number of amides is 1. The van der Waals surface area contributed by atoms with Crippen LogP contribution in [0.25, 0.3) is 0 Å². The maximum Gasteiger partial charge on any atom is 0.335 e. The predicted octanol–water partition coefficient (Wildman–Crippen LogP) is 2.95. The number of nitro benzene ring substituents is 1. The van der Waals surface area contributed by atoms with Crippen LogP contribution < -0.4 is 5.32 Å². The molecule has 0 unspecified atom stereocenters. The second-order valence-electron chi connectivity index (χ2n) is 5.91. The maximum atomic E-state index is 12.7. The Bertz CT molecular complexity index is 796. The van der Waals surface area contributed by atoms with Crippen LogP contribution in [0.1, 0.15) is 51.4 Å². The summed E-state index contributed by atoms with van der Waals surface area (Å²) in [5.74, 6) is -1.86. The smallest absolute Gasteiger partial charge is 0.335 e. The molecule has 130 valence electrons.